The van der Waals surface area contributed by atoms with E-state index in [-0.39, 0.29) is 11.2 Å². The van der Waals surface area contributed by atoms with Gasteiger partial charge in [0, 0.05) is 17.5 Å². The lowest BCUT2D eigenvalue weighted by atomic mass is 10.3. The van der Waals surface area contributed by atoms with Crippen molar-refractivity contribution in [2.24, 2.45) is 5.73 Å². The van der Waals surface area contributed by atoms with Gasteiger partial charge in [0.15, 0.2) is 11.5 Å². The lowest BCUT2D eigenvalue weighted by molar-refractivity contribution is 0.300. The number of anilines is 1. The second kappa shape index (κ2) is 4.82. The largest absolute Gasteiger partial charge is 0.504 e. The zero-order valence-electron chi connectivity index (χ0n) is 8.99. The van der Waals surface area contributed by atoms with E-state index in [9.17, 15) is 5.11 Å². The van der Waals surface area contributed by atoms with E-state index < -0.39 is 0 Å². The standard InChI is InChI=1S/C10H15N3O2S/c1-12-2-3-15-8-4-6-9(5-7(8)14)16-10(11)13-6/h4-5,10,12-14H,2-3,11H2,1H3. The normalized spacial score (nSPS) is 18.0. The molecular weight excluding hydrogens is 226 g/mol. The number of rotatable bonds is 4. The van der Waals surface area contributed by atoms with Crippen LogP contribution in [-0.2, 0) is 0 Å². The number of phenolic OH excluding ortho intramolecular Hbond substituents is 1. The van der Waals surface area contributed by atoms with Gasteiger partial charge in [0.25, 0.3) is 0 Å². The van der Waals surface area contributed by atoms with Gasteiger partial charge in [0.2, 0.25) is 0 Å². The van der Waals surface area contributed by atoms with Gasteiger partial charge >= 0.3 is 0 Å². The summed E-state index contributed by atoms with van der Waals surface area (Å²) in [6.45, 7) is 1.25. The highest BCUT2D eigenvalue weighted by molar-refractivity contribution is 8.00. The van der Waals surface area contributed by atoms with E-state index >= 15 is 0 Å². The first-order valence-electron chi connectivity index (χ1n) is 5.04. The van der Waals surface area contributed by atoms with Crippen LogP contribution in [0.1, 0.15) is 0 Å². The van der Waals surface area contributed by atoms with Crippen molar-refractivity contribution in [2.45, 2.75) is 10.4 Å². The highest BCUT2D eigenvalue weighted by atomic mass is 32.2. The Morgan fingerprint density at radius 1 is 1.62 bits per heavy atom. The smallest absolute Gasteiger partial charge is 0.163 e. The molecule has 1 atom stereocenters. The van der Waals surface area contributed by atoms with Gasteiger partial charge in [-0.2, -0.15) is 0 Å². The molecule has 16 heavy (non-hydrogen) atoms. The fraction of sp³-hybridized carbons (Fsp3) is 0.400. The van der Waals surface area contributed by atoms with Gasteiger partial charge in [0.05, 0.1) is 5.69 Å². The highest BCUT2D eigenvalue weighted by Crippen LogP contribution is 2.42. The Morgan fingerprint density at radius 3 is 3.19 bits per heavy atom. The molecule has 5 nitrogen and oxygen atoms in total. The van der Waals surface area contributed by atoms with E-state index in [4.69, 9.17) is 10.5 Å². The van der Waals surface area contributed by atoms with Crippen LogP contribution in [0.4, 0.5) is 5.69 Å². The fourth-order valence-electron chi connectivity index (χ4n) is 1.46. The molecule has 6 heteroatoms. The van der Waals surface area contributed by atoms with Crippen molar-refractivity contribution < 1.29 is 9.84 Å². The molecule has 0 fully saturated rings. The van der Waals surface area contributed by atoms with Crippen molar-refractivity contribution >= 4 is 17.4 Å². The second-order valence-corrected chi connectivity index (χ2v) is 4.63. The van der Waals surface area contributed by atoms with Crippen LogP contribution < -0.4 is 21.1 Å². The summed E-state index contributed by atoms with van der Waals surface area (Å²) in [7, 11) is 1.85. The SMILES string of the molecule is CNCCOc1cc2c(cc1O)SC(N)N2. The molecule has 0 spiro atoms. The van der Waals surface area contributed by atoms with Gasteiger partial charge in [-0.3, -0.25) is 0 Å². The summed E-state index contributed by atoms with van der Waals surface area (Å²) in [6.07, 6.45) is 0. The molecular formula is C10H15N3O2S. The fourth-order valence-corrected chi connectivity index (χ4v) is 2.34. The molecule has 0 saturated heterocycles. The van der Waals surface area contributed by atoms with Gasteiger partial charge < -0.3 is 26.2 Å². The first-order valence-corrected chi connectivity index (χ1v) is 5.92. The average molecular weight is 241 g/mol. The number of likely N-dealkylation sites (N-methyl/N-ethyl adjacent to an activating group) is 1. The summed E-state index contributed by atoms with van der Waals surface area (Å²) >= 11 is 1.48. The molecule has 0 aromatic heterocycles. The van der Waals surface area contributed by atoms with E-state index in [0.29, 0.717) is 12.4 Å². The number of aromatic hydroxyl groups is 1. The van der Waals surface area contributed by atoms with Crippen LogP contribution in [0.25, 0.3) is 0 Å². The molecule has 88 valence electrons. The van der Waals surface area contributed by atoms with E-state index in [1.165, 1.54) is 11.8 Å². The number of nitrogens with one attached hydrogen (secondary N) is 2. The Balaban J connectivity index is 2.12. The molecule has 1 heterocycles. The van der Waals surface area contributed by atoms with Crippen molar-refractivity contribution in [1.82, 2.24) is 5.32 Å². The third kappa shape index (κ3) is 2.34. The van der Waals surface area contributed by atoms with Crippen LogP contribution in [0.15, 0.2) is 17.0 Å². The maximum atomic E-state index is 9.73. The molecule has 0 saturated carbocycles. The van der Waals surface area contributed by atoms with Crippen molar-refractivity contribution in [3.63, 3.8) is 0 Å². The summed E-state index contributed by atoms with van der Waals surface area (Å²) in [6, 6.07) is 3.45. The Kier molecular flexibility index (Phi) is 3.42. The summed E-state index contributed by atoms with van der Waals surface area (Å²) in [5, 5.41) is 15.8. The minimum Gasteiger partial charge on any atom is -0.504 e. The molecule has 5 N–H and O–H groups in total. The molecule has 0 aliphatic carbocycles. The summed E-state index contributed by atoms with van der Waals surface area (Å²) in [5.74, 6) is 0.634. The number of nitrogens with two attached hydrogens (primary N) is 1. The van der Waals surface area contributed by atoms with Crippen LogP contribution in [0.2, 0.25) is 0 Å². The number of benzene rings is 1. The van der Waals surface area contributed by atoms with Crippen molar-refractivity contribution in [3.8, 4) is 11.5 Å². The van der Waals surface area contributed by atoms with Crippen LogP contribution in [-0.4, -0.2) is 30.8 Å². The third-order valence-corrected chi connectivity index (χ3v) is 3.19. The Hall–Kier alpha value is -1.11. The third-order valence-electron chi connectivity index (χ3n) is 2.22. The maximum Gasteiger partial charge on any atom is 0.163 e. The molecule has 1 aromatic carbocycles. The minimum atomic E-state index is -0.151. The van der Waals surface area contributed by atoms with Gasteiger partial charge in [-0.05, 0) is 13.1 Å². The Morgan fingerprint density at radius 2 is 2.44 bits per heavy atom. The van der Waals surface area contributed by atoms with Gasteiger partial charge in [0.1, 0.15) is 12.1 Å². The first-order chi connectivity index (χ1) is 7.70. The highest BCUT2D eigenvalue weighted by Gasteiger charge is 2.20. The van der Waals surface area contributed by atoms with Crippen LogP contribution in [0, 0.1) is 0 Å². The van der Waals surface area contributed by atoms with Gasteiger partial charge in [-0.25, -0.2) is 0 Å². The predicted molar refractivity (Wildman–Crippen MR) is 65.0 cm³/mol. The van der Waals surface area contributed by atoms with Crippen LogP contribution in [0.3, 0.4) is 0 Å². The van der Waals surface area contributed by atoms with Gasteiger partial charge in [-0.1, -0.05) is 11.8 Å². The Labute approximate surface area is 98.4 Å². The summed E-state index contributed by atoms with van der Waals surface area (Å²) in [4.78, 5) is 0.950. The Bertz CT molecular complexity index is 387. The number of hydrogen-bond acceptors (Lipinski definition) is 6. The second-order valence-electron chi connectivity index (χ2n) is 3.45. The molecule has 0 radical (unpaired) electrons. The molecule has 0 amide bonds. The molecule has 1 unspecified atom stereocenters. The van der Waals surface area contributed by atoms with E-state index in [1.54, 1.807) is 12.1 Å². The predicted octanol–water partition coefficient (Wildman–Crippen LogP) is 0.750. The van der Waals surface area contributed by atoms with Crippen molar-refractivity contribution in [3.05, 3.63) is 12.1 Å². The first kappa shape index (κ1) is 11.4. The zero-order chi connectivity index (χ0) is 11.5. The topological polar surface area (TPSA) is 79.5 Å². The minimum absolute atomic E-state index is 0.151. The molecule has 1 aromatic rings. The lowest BCUT2D eigenvalue weighted by Gasteiger charge is -2.09. The zero-order valence-corrected chi connectivity index (χ0v) is 9.80. The summed E-state index contributed by atoms with van der Waals surface area (Å²) in [5.41, 5.74) is 6.49. The number of fused-ring (bicyclic) bond motifs is 1. The van der Waals surface area contributed by atoms with E-state index in [2.05, 4.69) is 10.6 Å². The monoisotopic (exact) mass is 241 g/mol. The van der Waals surface area contributed by atoms with E-state index in [0.717, 1.165) is 17.1 Å². The van der Waals surface area contributed by atoms with E-state index in [1.807, 2.05) is 7.05 Å². The molecule has 2 rings (SSSR count). The summed E-state index contributed by atoms with van der Waals surface area (Å²) < 4.78 is 5.44. The maximum absolute atomic E-state index is 9.73. The average Bonchev–Trinajstić information content (AvgIpc) is 2.58. The number of phenols is 1. The molecule has 0 bridgehead atoms. The lowest BCUT2D eigenvalue weighted by Crippen LogP contribution is -2.20. The van der Waals surface area contributed by atoms with Crippen LogP contribution >= 0.6 is 11.8 Å². The molecule has 1 aliphatic rings. The van der Waals surface area contributed by atoms with Crippen molar-refractivity contribution in [1.29, 1.82) is 0 Å². The van der Waals surface area contributed by atoms with Crippen LogP contribution in [0.5, 0.6) is 11.5 Å². The number of ether oxygens (including phenoxy) is 1. The molecule has 1 aliphatic heterocycles. The van der Waals surface area contributed by atoms with Crippen molar-refractivity contribution in [2.75, 3.05) is 25.5 Å². The van der Waals surface area contributed by atoms with Gasteiger partial charge in [-0.15, -0.1) is 0 Å². The number of thioether (sulfide) groups is 1. The number of hydrogen-bond donors (Lipinski definition) is 4. The quantitative estimate of drug-likeness (QED) is 0.460.